The highest BCUT2D eigenvalue weighted by Gasteiger charge is 2.18. The van der Waals surface area contributed by atoms with E-state index in [0.29, 0.717) is 10.8 Å². The average Bonchev–Trinajstić information content (AvgIpc) is 2.72. The van der Waals surface area contributed by atoms with Gasteiger partial charge in [0.25, 0.3) is 5.91 Å². The number of hydrogen-bond donors (Lipinski definition) is 2. The largest absolute Gasteiger partial charge is 0.384 e. The van der Waals surface area contributed by atoms with Gasteiger partial charge in [-0.2, -0.15) is 0 Å². The van der Waals surface area contributed by atoms with Gasteiger partial charge in [0.2, 0.25) is 0 Å². The Morgan fingerprint density at radius 1 is 1.53 bits per heavy atom. The van der Waals surface area contributed by atoms with Crippen LogP contribution in [0.3, 0.4) is 0 Å². The summed E-state index contributed by atoms with van der Waals surface area (Å²) in [5.74, 6) is 6.02. The number of nitrogens with one attached hydrogen (secondary N) is 1. The number of amides is 1. The first-order valence-electron chi connectivity index (χ1n) is 5.77. The molecule has 90 valence electrons. The van der Waals surface area contributed by atoms with Gasteiger partial charge in [-0.15, -0.1) is 11.3 Å². The van der Waals surface area contributed by atoms with E-state index in [1.807, 2.05) is 6.07 Å². The first-order chi connectivity index (χ1) is 8.29. The van der Waals surface area contributed by atoms with E-state index in [0.717, 1.165) is 11.4 Å². The molecule has 0 aromatic carbocycles. The Morgan fingerprint density at radius 3 is 3.00 bits per heavy atom. The minimum Gasteiger partial charge on any atom is -0.384 e. The fourth-order valence-corrected chi connectivity index (χ4v) is 2.47. The Morgan fingerprint density at radius 2 is 2.35 bits per heavy atom. The Balaban J connectivity index is 1.87. The lowest BCUT2D eigenvalue weighted by Gasteiger charge is -2.25. The van der Waals surface area contributed by atoms with Crippen molar-refractivity contribution in [2.45, 2.75) is 19.3 Å². The van der Waals surface area contributed by atoms with Crippen molar-refractivity contribution in [3.8, 4) is 11.8 Å². The number of aliphatic hydroxyl groups is 1. The number of carbonyl (C=O) groups is 1. The lowest BCUT2D eigenvalue weighted by molar-refractivity contribution is 0.0943. The van der Waals surface area contributed by atoms with Crippen molar-refractivity contribution in [1.82, 2.24) is 5.32 Å². The van der Waals surface area contributed by atoms with Gasteiger partial charge in [-0.1, -0.05) is 18.3 Å². The SMILES string of the molecule is O=C(NCC1CCC1)c1ccc(C#CCO)s1. The molecule has 1 heterocycles. The summed E-state index contributed by atoms with van der Waals surface area (Å²) in [6.07, 6.45) is 3.76. The average molecular weight is 249 g/mol. The lowest BCUT2D eigenvalue weighted by Crippen LogP contribution is -2.31. The summed E-state index contributed by atoms with van der Waals surface area (Å²) in [5.41, 5.74) is 0. The third-order valence-corrected chi connectivity index (χ3v) is 3.90. The lowest BCUT2D eigenvalue weighted by atomic mass is 9.85. The molecule has 1 aromatic rings. The molecule has 2 N–H and O–H groups in total. The van der Waals surface area contributed by atoms with Crippen LogP contribution in [0.4, 0.5) is 0 Å². The third-order valence-electron chi connectivity index (χ3n) is 2.90. The molecule has 0 bridgehead atoms. The number of thiophene rings is 1. The van der Waals surface area contributed by atoms with Gasteiger partial charge in [-0.3, -0.25) is 4.79 Å². The van der Waals surface area contributed by atoms with E-state index in [1.165, 1.54) is 30.6 Å². The zero-order valence-corrected chi connectivity index (χ0v) is 10.3. The first-order valence-corrected chi connectivity index (χ1v) is 6.59. The molecule has 0 saturated heterocycles. The minimum absolute atomic E-state index is 0.0149. The molecule has 1 aliphatic rings. The molecular weight excluding hydrogens is 234 g/mol. The fourth-order valence-electron chi connectivity index (χ4n) is 1.67. The van der Waals surface area contributed by atoms with Gasteiger partial charge in [-0.05, 0) is 30.9 Å². The number of hydrogen-bond acceptors (Lipinski definition) is 3. The summed E-state index contributed by atoms with van der Waals surface area (Å²) in [6.45, 7) is 0.634. The molecule has 1 amide bonds. The molecular formula is C13H15NO2S. The van der Waals surface area contributed by atoms with E-state index in [4.69, 9.17) is 5.11 Å². The van der Waals surface area contributed by atoms with Crippen LogP contribution in [0.25, 0.3) is 0 Å². The van der Waals surface area contributed by atoms with Gasteiger partial charge in [0.05, 0.1) is 9.75 Å². The van der Waals surface area contributed by atoms with Crippen molar-refractivity contribution >= 4 is 17.2 Å². The Bertz CT molecular complexity index is 451. The highest BCUT2D eigenvalue weighted by atomic mass is 32.1. The van der Waals surface area contributed by atoms with Crippen LogP contribution in [0.5, 0.6) is 0 Å². The molecule has 0 atom stereocenters. The molecule has 1 aromatic heterocycles. The third kappa shape index (κ3) is 3.32. The van der Waals surface area contributed by atoms with Crippen LogP contribution >= 0.6 is 11.3 Å². The maximum Gasteiger partial charge on any atom is 0.261 e. The minimum atomic E-state index is -0.152. The van der Waals surface area contributed by atoms with E-state index in [2.05, 4.69) is 17.2 Å². The van der Waals surface area contributed by atoms with Gasteiger partial charge >= 0.3 is 0 Å². The van der Waals surface area contributed by atoms with Crippen molar-refractivity contribution in [1.29, 1.82) is 0 Å². The molecule has 3 nitrogen and oxygen atoms in total. The van der Waals surface area contributed by atoms with E-state index >= 15 is 0 Å². The van der Waals surface area contributed by atoms with Crippen LogP contribution in [0, 0.1) is 17.8 Å². The highest BCUT2D eigenvalue weighted by Crippen LogP contribution is 2.25. The predicted octanol–water partition coefficient (Wildman–Crippen LogP) is 1.62. The fraction of sp³-hybridized carbons (Fsp3) is 0.462. The van der Waals surface area contributed by atoms with Gasteiger partial charge in [0.1, 0.15) is 6.61 Å². The molecule has 0 unspecified atom stereocenters. The van der Waals surface area contributed by atoms with Crippen LogP contribution < -0.4 is 5.32 Å². The molecule has 17 heavy (non-hydrogen) atoms. The molecule has 1 saturated carbocycles. The van der Waals surface area contributed by atoms with Gasteiger partial charge in [0.15, 0.2) is 0 Å². The van der Waals surface area contributed by atoms with Crippen LogP contribution in [-0.2, 0) is 0 Å². The number of rotatable bonds is 3. The predicted molar refractivity (Wildman–Crippen MR) is 68.0 cm³/mol. The molecule has 2 rings (SSSR count). The topological polar surface area (TPSA) is 49.3 Å². The summed E-state index contributed by atoms with van der Waals surface area (Å²) >= 11 is 1.36. The summed E-state index contributed by atoms with van der Waals surface area (Å²) < 4.78 is 0. The van der Waals surface area contributed by atoms with Crippen molar-refractivity contribution in [2.75, 3.05) is 13.2 Å². The van der Waals surface area contributed by atoms with E-state index in [9.17, 15) is 4.79 Å². The van der Waals surface area contributed by atoms with Crippen LogP contribution in [0.2, 0.25) is 0 Å². The summed E-state index contributed by atoms with van der Waals surface area (Å²) in [6, 6.07) is 3.59. The smallest absolute Gasteiger partial charge is 0.261 e. The second-order valence-corrected chi connectivity index (χ2v) is 5.21. The Hall–Kier alpha value is -1.31. The van der Waals surface area contributed by atoms with E-state index < -0.39 is 0 Å². The summed E-state index contributed by atoms with van der Waals surface area (Å²) in [7, 11) is 0. The van der Waals surface area contributed by atoms with Gasteiger partial charge in [-0.25, -0.2) is 0 Å². The molecule has 0 aliphatic heterocycles. The second-order valence-electron chi connectivity index (χ2n) is 4.13. The maximum absolute atomic E-state index is 11.8. The maximum atomic E-state index is 11.8. The van der Waals surface area contributed by atoms with Crippen molar-refractivity contribution < 1.29 is 9.90 Å². The monoisotopic (exact) mass is 249 g/mol. The number of aliphatic hydroxyl groups excluding tert-OH is 1. The van der Waals surface area contributed by atoms with Crippen LogP contribution in [-0.4, -0.2) is 24.2 Å². The van der Waals surface area contributed by atoms with Crippen LogP contribution in [0.15, 0.2) is 12.1 Å². The quantitative estimate of drug-likeness (QED) is 0.800. The standard InChI is InChI=1S/C13H15NO2S/c15-8-2-5-11-6-7-12(17-11)13(16)14-9-10-3-1-4-10/h6-7,10,15H,1,3-4,8-9H2,(H,14,16). The van der Waals surface area contributed by atoms with Gasteiger partial charge in [0, 0.05) is 6.54 Å². The van der Waals surface area contributed by atoms with Crippen molar-refractivity contribution in [3.05, 3.63) is 21.9 Å². The zero-order valence-electron chi connectivity index (χ0n) is 9.53. The van der Waals surface area contributed by atoms with Gasteiger partial charge < -0.3 is 10.4 Å². The molecule has 0 spiro atoms. The molecule has 0 radical (unpaired) electrons. The van der Waals surface area contributed by atoms with Crippen molar-refractivity contribution in [3.63, 3.8) is 0 Å². The normalized spacial score (nSPS) is 14.6. The van der Waals surface area contributed by atoms with Crippen molar-refractivity contribution in [2.24, 2.45) is 5.92 Å². The second kappa shape index (κ2) is 5.85. The Labute approximate surface area is 105 Å². The van der Waals surface area contributed by atoms with E-state index in [-0.39, 0.29) is 12.5 Å². The molecule has 4 heteroatoms. The van der Waals surface area contributed by atoms with E-state index in [1.54, 1.807) is 6.07 Å². The molecule has 1 fully saturated rings. The van der Waals surface area contributed by atoms with Crippen LogP contribution in [0.1, 0.15) is 33.8 Å². The Kier molecular flexibility index (Phi) is 4.18. The molecule has 1 aliphatic carbocycles. The zero-order chi connectivity index (χ0) is 12.1. The first kappa shape index (κ1) is 12.2. The summed E-state index contributed by atoms with van der Waals surface area (Å²) in [4.78, 5) is 13.3. The highest BCUT2D eigenvalue weighted by molar-refractivity contribution is 7.14. The number of carbonyl (C=O) groups excluding carboxylic acids is 1. The summed E-state index contributed by atoms with van der Waals surface area (Å²) in [5, 5.41) is 11.5.